The standard InChI is InChI=1S/C27H34BF2N3OS2/c1-19-17-21(3)32-26(19)25(27-20(2)18-22(4)33(27)28(32,29)30)23-5-7-24(8-6-23)31-9-13-35-15-11-34-12-16-36-14-10-31/h5-8,17-18H,9-16H2,1-4H3. The second-order valence-corrected chi connectivity index (χ2v) is 12.2. The molecule has 0 amide bonds. The highest BCUT2D eigenvalue weighted by Crippen LogP contribution is 2.44. The van der Waals surface area contributed by atoms with Gasteiger partial charge in [0.1, 0.15) is 5.71 Å². The molecule has 0 aliphatic carbocycles. The number of hydrogen-bond donors (Lipinski definition) is 0. The van der Waals surface area contributed by atoms with Crippen LogP contribution in [0.25, 0.3) is 5.57 Å². The second kappa shape index (κ2) is 10.4. The van der Waals surface area contributed by atoms with Gasteiger partial charge in [0.15, 0.2) is 5.70 Å². The fourth-order valence-electron chi connectivity index (χ4n) is 5.67. The van der Waals surface area contributed by atoms with Crippen LogP contribution >= 0.6 is 23.5 Å². The molecule has 0 spiro atoms. The average molecular weight is 530 g/mol. The number of aryl methyl sites for hydroxylation is 2. The lowest BCUT2D eigenvalue weighted by Crippen LogP contribution is -2.51. The molecule has 0 atom stereocenters. The molecule has 1 fully saturated rings. The monoisotopic (exact) mass is 529 g/mol. The van der Waals surface area contributed by atoms with Crippen molar-refractivity contribution in [2.75, 3.05) is 54.2 Å². The maximum absolute atomic E-state index is 15.9. The molecule has 4 nitrogen and oxygen atoms in total. The largest absolute Gasteiger partial charge is 0.737 e. The van der Waals surface area contributed by atoms with Crippen molar-refractivity contribution in [1.29, 1.82) is 0 Å². The molecule has 4 heterocycles. The summed E-state index contributed by atoms with van der Waals surface area (Å²) >= 11 is 3.86. The van der Waals surface area contributed by atoms with Crippen LogP contribution in [-0.4, -0.2) is 71.0 Å². The Bertz CT molecular complexity index is 1240. The van der Waals surface area contributed by atoms with Crippen LogP contribution in [0.4, 0.5) is 14.3 Å². The third-order valence-corrected chi connectivity index (χ3v) is 9.06. The number of benzene rings is 1. The third kappa shape index (κ3) is 4.58. The lowest BCUT2D eigenvalue weighted by Gasteiger charge is -2.34. The Labute approximate surface area is 221 Å². The van der Waals surface area contributed by atoms with Crippen LogP contribution in [0.3, 0.4) is 0 Å². The van der Waals surface area contributed by atoms with Gasteiger partial charge >= 0.3 is 6.97 Å². The number of anilines is 1. The van der Waals surface area contributed by atoms with Gasteiger partial charge in [0, 0.05) is 66.1 Å². The van der Waals surface area contributed by atoms with Crippen molar-refractivity contribution in [3.05, 3.63) is 70.2 Å². The molecule has 5 rings (SSSR count). The van der Waals surface area contributed by atoms with Crippen molar-refractivity contribution in [2.24, 2.45) is 0 Å². The van der Waals surface area contributed by atoms with Gasteiger partial charge in [0.25, 0.3) is 0 Å². The zero-order valence-corrected chi connectivity index (χ0v) is 23.2. The number of ether oxygens (including phenoxy) is 1. The summed E-state index contributed by atoms with van der Waals surface area (Å²) in [6.45, 7) is 7.10. The van der Waals surface area contributed by atoms with E-state index in [0.29, 0.717) is 22.8 Å². The third-order valence-electron chi connectivity index (χ3n) is 7.21. The Morgan fingerprint density at radius 1 is 0.917 bits per heavy atom. The number of aromatic nitrogens is 1. The smallest absolute Gasteiger partial charge is 0.393 e. The van der Waals surface area contributed by atoms with Crippen LogP contribution in [0.5, 0.6) is 0 Å². The van der Waals surface area contributed by atoms with Crippen molar-refractivity contribution >= 4 is 47.5 Å². The van der Waals surface area contributed by atoms with Gasteiger partial charge in [-0.25, -0.2) is 0 Å². The van der Waals surface area contributed by atoms with E-state index in [1.54, 1.807) is 13.8 Å². The second-order valence-electron chi connectivity index (χ2n) is 9.71. The van der Waals surface area contributed by atoms with Gasteiger partial charge in [-0.05, 0) is 55.8 Å². The minimum absolute atomic E-state index is 0.595. The van der Waals surface area contributed by atoms with E-state index >= 15 is 8.63 Å². The molecule has 36 heavy (non-hydrogen) atoms. The predicted molar refractivity (Wildman–Crippen MR) is 152 cm³/mol. The van der Waals surface area contributed by atoms with E-state index in [9.17, 15) is 0 Å². The molecule has 3 aliphatic rings. The van der Waals surface area contributed by atoms with Crippen LogP contribution in [0.15, 0.2) is 47.7 Å². The first-order chi connectivity index (χ1) is 17.3. The van der Waals surface area contributed by atoms with E-state index in [0.717, 1.165) is 71.6 Å². The van der Waals surface area contributed by atoms with Crippen molar-refractivity contribution in [2.45, 2.75) is 27.7 Å². The molecule has 9 heteroatoms. The Kier molecular flexibility index (Phi) is 7.43. The molecule has 192 valence electrons. The molecular formula is C27H34BF2N3OS2. The van der Waals surface area contributed by atoms with Gasteiger partial charge in [0.2, 0.25) is 0 Å². The maximum atomic E-state index is 15.9. The highest BCUT2D eigenvalue weighted by atomic mass is 32.2. The molecule has 0 unspecified atom stereocenters. The molecule has 3 aliphatic heterocycles. The van der Waals surface area contributed by atoms with Crippen LogP contribution < -0.4 is 4.90 Å². The Morgan fingerprint density at radius 2 is 1.56 bits per heavy atom. The number of halogens is 2. The summed E-state index contributed by atoms with van der Waals surface area (Å²) in [7, 11) is 0. The van der Waals surface area contributed by atoms with Gasteiger partial charge in [-0.3, -0.25) is 0 Å². The molecule has 0 N–H and O–H groups in total. The highest BCUT2D eigenvalue weighted by Gasteiger charge is 2.55. The summed E-state index contributed by atoms with van der Waals surface area (Å²) in [5.74, 6) is 4.17. The fraction of sp³-hybridized carbons (Fsp3) is 0.444. The lowest BCUT2D eigenvalue weighted by molar-refractivity contribution is -0.363. The zero-order chi connectivity index (χ0) is 25.4. The molecule has 1 aromatic heterocycles. The van der Waals surface area contributed by atoms with E-state index < -0.39 is 6.97 Å². The van der Waals surface area contributed by atoms with Crippen molar-refractivity contribution < 1.29 is 17.9 Å². The Morgan fingerprint density at radius 3 is 2.19 bits per heavy atom. The van der Waals surface area contributed by atoms with Crippen molar-refractivity contribution in [1.82, 2.24) is 4.48 Å². The van der Waals surface area contributed by atoms with Crippen LogP contribution in [0, 0.1) is 13.8 Å². The first kappa shape index (κ1) is 25.7. The Balaban J connectivity index is 1.53. The zero-order valence-electron chi connectivity index (χ0n) is 21.5. The minimum Gasteiger partial charge on any atom is -0.393 e. The van der Waals surface area contributed by atoms with E-state index in [4.69, 9.17) is 4.74 Å². The average Bonchev–Trinajstić information content (AvgIpc) is 3.30. The summed E-state index contributed by atoms with van der Waals surface area (Å²) in [6.07, 6.45) is 1.88. The molecule has 0 bridgehead atoms. The SMILES string of the molecule is CC1=CC(C)=[N+]2C1=C(c1ccc(N3CCSCCOCCSCC3)cc1)c1c(C)cc(C)n1[B-]2(F)F. The van der Waals surface area contributed by atoms with E-state index in [-0.39, 0.29) is 0 Å². The minimum atomic E-state index is -3.95. The number of allylic oxidation sites excluding steroid dienone is 2. The molecule has 1 saturated heterocycles. The molecule has 0 saturated carbocycles. The highest BCUT2D eigenvalue weighted by molar-refractivity contribution is 7.99. The number of nitrogens with zero attached hydrogens (tertiary/aromatic N) is 3. The molecule has 2 aromatic rings. The fourth-order valence-corrected chi connectivity index (χ4v) is 7.25. The van der Waals surface area contributed by atoms with Crippen LogP contribution in [0.1, 0.15) is 36.4 Å². The van der Waals surface area contributed by atoms with Crippen LogP contribution in [0.2, 0.25) is 0 Å². The molecule has 0 radical (unpaired) electrons. The van der Waals surface area contributed by atoms with Gasteiger partial charge < -0.3 is 27.2 Å². The number of thioether (sulfide) groups is 2. The first-order valence-electron chi connectivity index (χ1n) is 12.7. The number of fused-ring (bicyclic) bond motifs is 2. The van der Waals surface area contributed by atoms with E-state index in [1.165, 1.54) is 14.7 Å². The summed E-state index contributed by atoms with van der Waals surface area (Å²) in [5, 5.41) is 0. The molecule has 1 aromatic carbocycles. The molecular weight excluding hydrogens is 495 g/mol. The van der Waals surface area contributed by atoms with E-state index in [1.807, 2.05) is 49.5 Å². The summed E-state index contributed by atoms with van der Waals surface area (Å²) < 4.78 is 40.0. The van der Waals surface area contributed by atoms with Gasteiger partial charge in [-0.15, -0.1) is 0 Å². The quantitative estimate of drug-likeness (QED) is 0.456. The Hall–Kier alpha value is -1.97. The van der Waals surface area contributed by atoms with Crippen LogP contribution in [-0.2, 0) is 4.74 Å². The predicted octanol–water partition coefficient (Wildman–Crippen LogP) is 5.84. The van der Waals surface area contributed by atoms with Gasteiger partial charge in [-0.2, -0.15) is 23.5 Å². The lowest BCUT2D eigenvalue weighted by atomic mass is 9.84. The van der Waals surface area contributed by atoms with Gasteiger partial charge in [-0.1, -0.05) is 12.1 Å². The topological polar surface area (TPSA) is 20.4 Å². The summed E-state index contributed by atoms with van der Waals surface area (Å²) in [5.41, 5.74) is 7.30. The summed E-state index contributed by atoms with van der Waals surface area (Å²) in [6, 6.07) is 10.4. The maximum Gasteiger partial charge on any atom is 0.737 e. The normalized spacial score (nSPS) is 21.1. The van der Waals surface area contributed by atoms with Gasteiger partial charge in [0.05, 0.1) is 18.8 Å². The number of rotatable bonds is 2. The summed E-state index contributed by atoms with van der Waals surface area (Å²) in [4.78, 5) is 2.45. The first-order valence-corrected chi connectivity index (χ1v) is 15.0. The van der Waals surface area contributed by atoms with E-state index in [2.05, 4.69) is 29.2 Å². The van der Waals surface area contributed by atoms with Crippen molar-refractivity contribution in [3.8, 4) is 0 Å². The number of hydrogen-bond acceptors (Lipinski definition) is 4. The van der Waals surface area contributed by atoms with Crippen molar-refractivity contribution in [3.63, 3.8) is 0 Å².